The minimum absolute atomic E-state index is 0.648. The summed E-state index contributed by atoms with van der Waals surface area (Å²) in [7, 11) is 2.18. The highest BCUT2D eigenvalue weighted by Gasteiger charge is 2.19. The number of oxazole rings is 1. The quantitative estimate of drug-likeness (QED) is 0.433. The van der Waals surface area contributed by atoms with Gasteiger partial charge in [-0.05, 0) is 75.0 Å². The molecule has 1 unspecified atom stereocenters. The van der Waals surface area contributed by atoms with Gasteiger partial charge in [-0.25, -0.2) is 0 Å². The van der Waals surface area contributed by atoms with Crippen molar-refractivity contribution in [2.45, 2.75) is 38.5 Å². The number of rotatable bonds is 11. The van der Waals surface area contributed by atoms with Gasteiger partial charge in [-0.15, -0.1) is 0 Å². The van der Waals surface area contributed by atoms with E-state index in [1.165, 1.54) is 37.8 Å². The first-order chi connectivity index (χ1) is 14.8. The molecule has 1 atom stereocenters. The molecule has 0 radical (unpaired) electrons. The number of nitrogens with one attached hydrogen (secondary N) is 1. The molecular formula is C25H33N3O2. The third-order valence-electron chi connectivity index (χ3n) is 5.86. The molecule has 1 aliphatic rings. The van der Waals surface area contributed by atoms with E-state index in [0.29, 0.717) is 11.9 Å². The second kappa shape index (κ2) is 10.5. The van der Waals surface area contributed by atoms with Crippen LogP contribution in [0.3, 0.4) is 0 Å². The second-order valence-corrected chi connectivity index (χ2v) is 8.44. The van der Waals surface area contributed by atoms with Gasteiger partial charge >= 0.3 is 0 Å². The molecule has 0 saturated carbocycles. The van der Waals surface area contributed by atoms with Crippen LogP contribution in [0.4, 0.5) is 6.01 Å². The number of likely N-dealkylation sites (tertiary alicyclic amines) is 1. The molecule has 1 aliphatic heterocycles. The van der Waals surface area contributed by atoms with Crippen LogP contribution in [0.1, 0.15) is 37.7 Å². The predicted molar refractivity (Wildman–Crippen MR) is 122 cm³/mol. The Balaban J connectivity index is 1.15. The Labute approximate surface area is 179 Å². The molecule has 1 N–H and O–H groups in total. The van der Waals surface area contributed by atoms with Crippen LogP contribution >= 0.6 is 0 Å². The molecule has 1 aromatic heterocycles. The fraction of sp³-hybridized carbons (Fsp3) is 0.480. The summed E-state index contributed by atoms with van der Waals surface area (Å²) in [4.78, 5) is 6.96. The summed E-state index contributed by atoms with van der Waals surface area (Å²) in [6.45, 7) is 4.05. The van der Waals surface area contributed by atoms with Gasteiger partial charge in [0.05, 0.1) is 6.61 Å². The molecule has 3 aromatic rings. The Morgan fingerprint density at radius 3 is 2.80 bits per heavy atom. The van der Waals surface area contributed by atoms with Crippen LogP contribution in [0.2, 0.25) is 0 Å². The van der Waals surface area contributed by atoms with E-state index in [1.54, 1.807) is 0 Å². The minimum Gasteiger partial charge on any atom is -0.494 e. The summed E-state index contributed by atoms with van der Waals surface area (Å²) < 4.78 is 11.7. The van der Waals surface area contributed by atoms with E-state index >= 15 is 0 Å². The van der Waals surface area contributed by atoms with Crippen LogP contribution in [0.5, 0.6) is 5.75 Å². The lowest BCUT2D eigenvalue weighted by molar-refractivity contribution is 0.304. The van der Waals surface area contributed by atoms with Gasteiger partial charge in [-0.1, -0.05) is 37.1 Å². The Morgan fingerprint density at radius 2 is 1.97 bits per heavy atom. The van der Waals surface area contributed by atoms with E-state index in [1.807, 2.05) is 30.3 Å². The molecular weight excluding hydrogens is 374 g/mol. The standard InChI is InChI=1S/C25H33N3O2/c1-28-15-14-21(19-28)18-26-25-27-23-13-12-20(17-24(23)30-25)9-5-2-3-8-16-29-22-10-6-4-7-11-22/h4,6-7,10-13,17,21H,2-3,5,8-9,14-16,18-19H2,1H3,(H,26,27). The maximum absolute atomic E-state index is 5.94. The summed E-state index contributed by atoms with van der Waals surface area (Å²) in [5.74, 6) is 1.64. The second-order valence-electron chi connectivity index (χ2n) is 8.44. The fourth-order valence-corrected chi connectivity index (χ4v) is 4.12. The molecule has 2 aromatic carbocycles. The summed E-state index contributed by atoms with van der Waals surface area (Å²) in [5.41, 5.74) is 3.14. The Hall–Kier alpha value is -2.53. The molecule has 2 heterocycles. The first kappa shape index (κ1) is 20.7. The topological polar surface area (TPSA) is 50.5 Å². The van der Waals surface area contributed by atoms with Crippen molar-refractivity contribution >= 4 is 17.1 Å². The normalized spacial score (nSPS) is 16.9. The third kappa shape index (κ3) is 5.99. The van der Waals surface area contributed by atoms with Gasteiger partial charge in [0, 0.05) is 13.1 Å². The van der Waals surface area contributed by atoms with E-state index < -0.39 is 0 Å². The molecule has 5 nitrogen and oxygen atoms in total. The first-order valence-electron chi connectivity index (χ1n) is 11.3. The zero-order chi connectivity index (χ0) is 20.6. The number of ether oxygens (including phenoxy) is 1. The number of para-hydroxylation sites is 1. The Bertz CT molecular complexity index is 909. The van der Waals surface area contributed by atoms with Gasteiger partial charge in [0.15, 0.2) is 5.58 Å². The molecule has 0 aliphatic carbocycles. The van der Waals surface area contributed by atoms with Crippen LogP contribution < -0.4 is 10.1 Å². The highest BCUT2D eigenvalue weighted by atomic mass is 16.5. The number of hydrogen-bond acceptors (Lipinski definition) is 5. The van der Waals surface area contributed by atoms with Crippen molar-refractivity contribution < 1.29 is 9.15 Å². The van der Waals surface area contributed by atoms with Gasteiger partial charge in [-0.2, -0.15) is 4.98 Å². The van der Waals surface area contributed by atoms with E-state index in [9.17, 15) is 0 Å². The summed E-state index contributed by atoms with van der Waals surface area (Å²) in [5, 5.41) is 3.38. The minimum atomic E-state index is 0.648. The average molecular weight is 408 g/mol. The number of hydrogen-bond donors (Lipinski definition) is 1. The van der Waals surface area contributed by atoms with E-state index in [0.717, 1.165) is 49.4 Å². The van der Waals surface area contributed by atoms with Crippen molar-refractivity contribution in [2.24, 2.45) is 5.92 Å². The zero-order valence-electron chi connectivity index (χ0n) is 18.0. The lowest BCUT2D eigenvalue weighted by Gasteiger charge is -2.09. The molecule has 0 amide bonds. The lowest BCUT2D eigenvalue weighted by Crippen LogP contribution is -2.19. The maximum atomic E-state index is 5.94. The van der Waals surface area contributed by atoms with Crippen LogP contribution in [-0.2, 0) is 6.42 Å². The van der Waals surface area contributed by atoms with Gasteiger partial charge in [0.2, 0.25) is 0 Å². The average Bonchev–Trinajstić information content (AvgIpc) is 3.37. The number of fused-ring (bicyclic) bond motifs is 1. The summed E-state index contributed by atoms with van der Waals surface area (Å²) >= 11 is 0. The molecule has 5 heteroatoms. The largest absolute Gasteiger partial charge is 0.494 e. The van der Waals surface area contributed by atoms with E-state index in [-0.39, 0.29) is 0 Å². The molecule has 160 valence electrons. The van der Waals surface area contributed by atoms with Crippen molar-refractivity contribution in [3.8, 4) is 5.75 Å². The fourth-order valence-electron chi connectivity index (χ4n) is 4.12. The van der Waals surface area contributed by atoms with Crippen molar-refractivity contribution in [2.75, 3.05) is 38.6 Å². The van der Waals surface area contributed by atoms with Gasteiger partial charge in [0.25, 0.3) is 6.01 Å². The smallest absolute Gasteiger partial charge is 0.295 e. The molecule has 0 spiro atoms. The highest BCUT2D eigenvalue weighted by Crippen LogP contribution is 2.22. The van der Waals surface area contributed by atoms with E-state index in [4.69, 9.17) is 9.15 Å². The third-order valence-corrected chi connectivity index (χ3v) is 5.86. The van der Waals surface area contributed by atoms with Crippen LogP contribution in [0.25, 0.3) is 11.1 Å². The van der Waals surface area contributed by atoms with E-state index in [2.05, 4.69) is 40.4 Å². The number of benzene rings is 2. The lowest BCUT2D eigenvalue weighted by atomic mass is 10.1. The number of unbranched alkanes of at least 4 members (excludes halogenated alkanes) is 3. The maximum Gasteiger partial charge on any atom is 0.295 e. The van der Waals surface area contributed by atoms with Crippen molar-refractivity contribution in [1.82, 2.24) is 9.88 Å². The molecule has 1 fully saturated rings. The number of anilines is 1. The number of aryl methyl sites for hydroxylation is 1. The van der Waals surface area contributed by atoms with Crippen molar-refractivity contribution in [3.63, 3.8) is 0 Å². The zero-order valence-corrected chi connectivity index (χ0v) is 18.0. The van der Waals surface area contributed by atoms with Crippen LogP contribution in [0.15, 0.2) is 52.9 Å². The number of aromatic nitrogens is 1. The van der Waals surface area contributed by atoms with Crippen LogP contribution in [-0.4, -0.2) is 43.2 Å². The van der Waals surface area contributed by atoms with Gasteiger partial charge in [0.1, 0.15) is 11.3 Å². The summed E-state index contributed by atoms with van der Waals surface area (Å²) in [6.07, 6.45) is 7.02. The monoisotopic (exact) mass is 407 g/mol. The molecule has 4 rings (SSSR count). The molecule has 30 heavy (non-hydrogen) atoms. The number of nitrogens with zero attached hydrogens (tertiary/aromatic N) is 2. The van der Waals surface area contributed by atoms with Gasteiger partial charge in [-0.3, -0.25) is 0 Å². The van der Waals surface area contributed by atoms with Crippen LogP contribution in [0, 0.1) is 5.92 Å². The first-order valence-corrected chi connectivity index (χ1v) is 11.3. The Morgan fingerprint density at radius 1 is 1.10 bits per heavy atom. The Kier molecular flexibility index (Phi) is 7.25. The predicted octanol–water partition coefficient (Wildman–Crippen LogP) is 5.37. The van der Waals surface area contributed by atoms with Crippen molar-refractivity contribution in [3.05, 3.63) is 54.1 Å². The molecule has 1 saturated heterocycles. The molecule has 0 bridgehead atoms. The summed E-state index contributed by atoms with van der Waals surface area (Å²) in [6, 6.07) is 17.1. The van der Waals surface area contributed by atoms with Crippen molar-refractivity contribution in [1.29, 1.82) is 0 Å². The SMILES string of the molecule is CN1CCC(CNc2nc3ccc(CCCCCCOc4ccccc4)cc3o2)C1. The van der Waals surface area contributed by atoms with Gasteiger partial charge < -0.3 is 19.4 Å². The highest BCUT2D eigenvalue weighted by molar-refractivity contribution is 5.75.